The van der Waals surface area contributed by atoms with Crippen molar-refractivity contribution in [3.63, 3.8) is 0 Å². The van der Waals surface area contributed by atoms with Gasteiger partial charge >= 0.3 is 0 Å². The van der Waals surface area contributed by atoms with Crippen LogP contribution in [0.4, 0.5) is 0 Å². The lowest BCUT2D eigenvalue weighted by molar-refractivity contribution is 0.644. The lowest BCUT2D eigenvalue weighted by atomic mass is 9.95. The van der Waals surface area contributed by atoms with E-state index in [-0.39, 0.29) is 0 Å². The van der Waals surface area contributed by atoms with Crippen LogP contribution in [-0.2, 0) is 19.4 Å². The largest absolute Gasteiger partial charge is 0.252 e. The van der Waals surface area contributed by atoms with Crippen molar-refractivity contribution in [2.45, 2.75) is 46.6 Å². The average Bonchev–Trinajstić information content (AvgIpc) is 3.15. The fraction of sp³-hybridized carbons (Fsp3) is 0.269. The third-order valence-electron chi connectivity index (χ3n) is 6.20. The number of rotatable bonds is 3. The van der Waals surface area contributed by atoms with Gasteiger partial charge in [0.25, 0.3) is 0 Å². The Hall–Kier alpha value is -3.27. The van der Waals surface area contributed by atoms with Crippen molar-refractivity contribution in [3.05, 3.63) is 88.2 Å². The van der Waals surface area contributed by atoms with Crippen molar-refractivity contribution in [1.82, 2.24) is 20.0 Å². The second-order valence-electron chi connectivity index (χ2n) is 8.36. The van der Waals surface area contributed by atoms with Gasteiger partial charge in [0.05, 0.1) is 18.4 Å². The molecule has 0 saturated carbocycles. The van der Waals surface area contributed by atoms with Crippen LogP contribution in [-0.4, -0.2) is 20.0 Å². The number of fused-ring (bicyclic) bond motifs is 3. The summed E-state index contributed by atoms with van der Waals surface area (Å²) in [5.41, 5.74) is 12.2. The molecule has 1 aliphatic carbocycles. The molecule has 0 N–H and O–H groups in total. The maximum Gasteiger partial charge on any atom is 0.113 e. The Kier molecular flexibility index (Phi) is 4.70. The van der Waals surface area contributed by atoms with Crippen LogP contribution in [0.3, 0.4) is 0 Å². The van der Waals surface area contributed by atoms with Gasteiger partial charge in [-0.05, 0) is 80.0 Å². The van der Waals surface area contributed by atoms with Crippen LogP contribution in [0, 0.1) is 20.8 Å². The molecule has 1 aliphatic rings. The minimum absolute atomic E-state index is 0.686. The van der Waals surface area contributed by atoms with Gasteiger partial charge in [-0.2, -0.15) is 0 Å². The Morgan fingerprint density at radius 2 is 1.67 bits per heavy atom. The molecule has 0 aliphatic heterocycles. The van der Waals surface area contributed by atoms with Crippen LogP contribution in [0.5, 0.6) is 0 Å². The maximum absolute atomic E-state index is 5.09. The minimum atomic E-state index is 0.686. The molecule has 4 nitrogen and oxygen atoms in total. The van der Waals surface area contributed by atoms with Crippen molar-refractivity contribution < 1.29 is 0 Å². The van der Waals surface area contributed by atoms with Crippen LogP contribution >= 0.6 is 0 Å². The van der Waals surface area contributed by atoms with E-state index in [0.717, 1.165) is 41.9 Å². The first-order chi connectivity index (χ1) is 14.6. The second kappa shape index (κ2) is 7.52. The van der Waals surface area contributed by atoms with Crippen molar-refractivity contribution in [3.8, 4) is 22.5 Å². The molecule has 0 fully saturated rings. The Morgan fingerprint density at radius 3 is 2.50 bits per heavy atom. The normalized spacial score (nSPS) is 12.9. The summed E-state index contributed by atoms with van der Waals surface area (Å²) in [5.74, 6) is 0. The monoisotopic (exact) mass is 394 g/mol. The number of aryl methyl sites for hydroxylation is 5. The number of pyridine rings is 1. The van der Waals surface area contributed by atoms with Crippen molar-refractivity contribution in [2.75, 3.05) is 0 Å². The summed E-state index contributed by atoms with van der Waals surface area (Å²) in [7, 11) is 0. The van der Waals surface area contributed by atoms with E-state index >= 15 is 0 Å². The zero-order valence-corrected chi connectivity index (χ0v) is 17.8. The van der Waals surface area contributed by atoms with Gasteiger partial charge in [-0.15, -0.1) is 5.10 Å². The number of hydrogen-bond donors (Lipinski definition) is 0. The molecule has 0 bridgehead atoms. The highest BCUT2D eigenvalue weighted by atomic mass is 15.4. The Morgan fingerprint density at radius 1 is 0.900 bits per heavy atom. The topological polar surface area (TPSA) is 43.6 Å². The summed E-state index contributed by atoms with van der Waals surface area (Å²) < 4.78 is 1.91. The summed E-state index contributed by atoms with van der Waals surface area (Å²) in [5, 5.41) is 8.71. The van der Waals surface area contributed by atoms with Gasteiger partial charge in [-0.25, -0.2) is 4.68 Å². The molecule has 0 unspecified atom stereocenters. The smallest absolute Gasteiger partial charge is 0.113 e. The van der Waals surface area contributed by atoms with Gasteiger partial charge < -0.3 is 0 Å². The number of aromatic nitrogens is 4. The number of benzene rings is 2. The van der Waals surface area contributed by atoms with E-state index in [2.05, 4.69) is 61.4 Å². The fourth-order valence-electron chi connectivity index (χ4n) is 4.34. The molecule has 0 atom stereocenters. The lowest BCUT2D eigenvalue weighted by Crippen LogP contribution is -2.06. The first-order valence-electron chi connectivity index (χ1n) is 10.6. The van der Waals surface area contributed by atoms with Gasteiger partial charge in [0.2, 0.25) is 0 Å². The van der Waals surface area contributed by atoms with Gasteiger partial charge in [0.15, 0.2) is 0 Å². The summed E-state index contributed by atoms with van der Waals surface area (Å²) in [6, 6.07) is 17.2. The molecular formula is C26H26N4. The molecule has 4 heteroatoms. The SMILES string of the molecule is Cc1cc2c(cc1C)-c1nc(C)c(Cn3cc(-c4ccccc4)nn3)cc1CCC2. The summed E-state index contributed by atoms with van der Waals surface area (Å²) in [6.07, 6.45) is 5.36. The average molecular weight is 395 g/mol. The highest BCUT2D eigenvalue weighted by Gasteiger charge is 2.19. The molecule has 2 aromatic carbocycles. The predicted octanol–water partition coefficient (Wildman–Crippen LogP) is 5.47. The molecule has 4 aromatic rings. The van der Waals surface area contributed by atoms with E-state index in [1.54, 1.807) is 0 Å². The summed E-state index contributed by atoms with van der Waals surface area (Å²) in [4.78, 5) is 5.09. The van der Waals surface area contributed by atoms with Crippen molar-refractivity contribution in [1.29, 1.82) is 0 Å². The zero-order chi connectivity index (χ0) is 20.7. The van der Waals surface area contributed by atoms with E-state index in [1.807, 2.05) is 29.1 Å². The van der Waals surface area contributed by atoms with Crippen LogP contribution in [0.25, 0.3) is 22.5 Å². The molecule has 30 heavy (non-hydrogen) atoms. The molecule has 0 saturated heterocycles. The number of hydrogen-bond acceptors (Lipinski definition) is 3. The first kappa shape index (κ1) is 18.7. The van der Waals surface area contributed by atoms with Crippen LogP contribution in [0.2, 0.25) is 0 Å². The van der Waals surface area contributed by atoms with Gasteiger partial charge in [0.1, 0.15) is 5.69 Å². The standard InChI is InChI=1S/C26H26N4/c1-17-12-21-10-7-11-22-14-23(19(3)27-26(22)24(21)13-18(17)2)15-30-16-25(28-29-30)20-8-5-4-6-9-20/h4-6,8-9,12-14,16H,7,10-11,15H2,1-3H3. The van der Waals surface area contributed by atoms with Crippen molar-refractivity contribution >= 4 is 0 Å². The molecule has 5 rings (SSSR count). The zero-order valence-electron chi connectivity index (χ0n) is 17.8. The van der Waals surface area contributed by atoms with E-state index in [9.17, 15) is 0 Å². The Balaban J connectivity index is 1.50. The quantitative estimate of drug-likeness (QED) is 0.463. The molecular weight excluding hydrogens is 368 g/mol. The molecule has 0 spiro atoms. The molecule has 2 aromatic heterocycles. The highest BCUT2D eigenvalue weighted by Crippen LogP contribution is 2.34. The van der Waals surface area contributed by atoms with E-state index in [0.29, 0.717) is 6.54 Å². The van der Waals surface area contributed by atoms with Gasteiger partial charge in [-0.1, -0.05) is 41.6 Å². The highest BCUT2D eigenvalue weighted by molar-refractivity contribution is 5.70. The Labute approximate surface area is 177 Å². The lowest BCUT2D eigenvalue weighted by Gasteiger charge is -2.15. The molecule has 0 amide bonds. The van der Waals surface area contributed by atoms with E-state index in [1.165, 1.54) is 33.4 Å². The van der Waals surface area contributed by atoms with Crippen LogP contribution < -0.4 is 0 Å². The third-order valence-corrected chi connectivity index (χ3v) is 6.20. The second-order valence-corrected chi connectivity index (χ2v) is 8.36. The summed E-state index contributed by atoms with van der Waals surface area (Å²) >= 11 is 0. The third kappa shape index (κ3) is 3.43. The first-order valence-corrected chi connectivity index (χ1v) is 10.6. The van der Waals surface area contributed by atoms with E-state index in [4.69, 9.17) is 4.98 Å². The minimum Gasteiger partial charge on any atom is -0.252 e. The maximum atomic E-state index is 5.09. The summed E-state index contributed by atoms with van der Waals surface area (Å²) in [6.45, 7) is 7.18. The molecule has 150 valence electrons. The van der Waals surface area contributed by atoms with Crippen LogP contribution in [0.15, 0.2) is 54.7 Å². The predicted molar refractivity (Wildman–Crippen MR) is 120 cm³/mol. The number of nitrogens with zero attached hydrogens (tertiary/aromatic N) is 4. The fourth-order valence-corrected chi connectivity index (χ4v) is 4.34. The van der Waals surface area contributed by atoms with Gasteiger partial charge in [0, 0.05) is 16.8 Å². The van der Waals surface area contributed by atoms with Gasteiger partial charge in [-0.3, -0.25) is 4.98 Å². The van der Waals surface area contributed by atoms with E-state index < -0.39 is 0 Å². The van der Waals surface area contributed by atoms with Crippen molar-refractivity contribution in [2.24, 2.45) is 0 Å². The molecule has 0 radical (unpaired) electrons. The molecule has 2 heterocycles. The van der Waals surface area contributed by atoms with Crippen LogP contribution in [0.1, 0.15) is 39.9 Å². The Bertz CT molecular complexity index is 1220.